The smallest absolute Gasteiger partial charge is 0.371 e. The van der Waals surface area contributed by atoms with Crippen LogP contribution in [-0.2, 0) is 15.8 Å². The number of hydrogen-bond acceptors (Lipinski definition) is 4. The lowest BCUT2D eigenvalue weighted by molar-refractivity contribution is -0.138. The predicted molar refractivity (Wildman–Crippen MR) is 104 cm³/mol. The van der Waals surface area contributed by atoms with E-state index in [4.69, 9.17) is 5.26 Å². The van der Waals surface area contributed by atoms with Crippen molar-refractivity contribution < 1.29 is 22.8 Å². The van der Waals surface area contributed by atoms with Gasteiger partial charge in [0.1, 0.15) is 0 Å². The SMILES string of the molecule is CC(=O)N1CC(C(=O)N(C)C)C2(CCN(c3ccc(C#N)c(C(F)(F)F)c3)CC2)C1. The Balaban J connectivity index is 1.83. The van der Waals surface area contributed by atoms with Crippen LogP contribution < -0.4 is 4.90 Å². The van der Waals surface area contributed by atoms with Crippen LogP contribution in [0, 0.1) is 22.7 Å². The summed E-state index contributed by atoms with van der Waals surface area (Å²) in [7, 11) is 3.38. The Labute approximate surface area is 173 Å². The molecule has 1 atom stereocenters. The van der Waals surface area contributed by atoms with Gasteiger partial charge in [-0.3, -0.25) is 9.59 Å². The fourth-order valence-corrected chi connectivity index (χ4v) is 4.64. The van der Waals surface area contributed by atoms with E-state index >= 15 is 0 Å². The van der Waals surface area contributed by atoms with Crippen molar-refractivity contribution in [1.82, 2.24) is 9.80 Å². The lowest BCUT2D eigenvalue weighted by atomic mass is 9.70. The first-order valence-electron chi connectivity index (χ1n) is 9.81. The van der Waals surface area contributed by atoms with E-state index < -0.39 is 17.3 Å². The average molecular weight is 422 g/mol. The van der Waals surface area contributed by atoms with E-state index in [1.807, 2.05) is 4.90 Å². The third-order valence-electron chi connectivity index (χ3n) is 6.39. The standard InChI is InChI=1S/C21H25F3N4O2/c1-14(29)28-12-18(19(30)26(2)3)20(13-28)6-8-27(9-7-20)16-5-4-15(11-25)17(10-16)21(22,23)24/h4-5,10,18H,6-9,12-13H2,1-3H3. The number of nitriles is 1. The van der Waals surface area contributed by atoms with Crippen LogP contribution in [0.25, 0.3) is 0 Å². The second kappa shape index (κ2) is 7.82. The van der Waals surface area contributed by atoms with Crippen molar-refractivity contribution in [3.05, 3.63) is 29.3 Å². The van der Waals surface area contributed by atoms with Gasteiger partial charge in [-0.25, -0.2) is 0 Å². The Morgan fingerprint density at radius 2 is 1.87 bits per heavy atom. The van der Waals surface area contributed by atoms with E-state index in [2.05, 4.69) is 0 Å². The summed E-state index contributed by atoms with van der Waals surface area (Å²) in [5.74, 6) is -0.414. The van der Waals surface area contributed by atoms with E-state index in [9.17, 15) is 22.8 Å². The summed E-state index contributed by atoms with van der Waals surface area (Å²) in [6.45, 7) is 3.31. The zero-order valence-electron chi connectivity index (χ0n) is 17.3. The number of alkyl halides is 3. The number of likely N-dealkylation sites (tertiary alicyclic amines) is 1. The van der Waals surface area contributed by atoms with Crippen molar-refractivity contribution >= 4 is 17.5 Å². The fraction of sp³-hybridized carbons (Fsp3) is 0.571. The van der Waals surface area contributed by atoms with E-state index in [-0.39, 0.29) is 23.1 Å². The van der Waals surface area contributed by atoms with Crippen LogP contribution in [0.3, 0.4) is 0 Å². The van der Waals surface area contributed by atoms with Gasteiger partial charge in [-0.15, -0.1) is 0 Å². The van der Waals surface area contributed by atoms with Gasteiger partial charge in [0.15, 0.2) is 0 Å². The molecule has 0 N–H and O–H groups in total. The Morgan fingerprint density at radius 1 is 1.23 bits per heavy atom. The molecule has 162 valence electrons. The van der Waals surface area contributed by atoms with Crippen LogP contribution in [0.15, 0.2) is 18.2 Å². The summed E-state index contributed by atoms with van der Waals surface area (Å²) in [4.78, 5) is 29.8. The van der Waals surface area contributed by atoms with Crippen molar-refractivity contribution in [1.29, 1.82) is 5.26 Å². The maximum Gasteiger partial charge on any atom is 0.417 e. The largest absolute Gasteiger partial charge is 0.417 e. The summed E-state index contributed by atoms with van der Waals surface area (Å²) < 4.78 is 39.9. The summed E-state index contributed by atoms with van der Waals surface area (Å²) in [6.07, 6.45) is -3.40. The summed E-state index contributed by atoms with van der Waals surface area (Å²) in [5.41, 5.74) is -1.30. The zero-order chi connectivity index (χ0) is 22.3. The lowest BCUT2D eigenvalue weighted by Crippen LogP contribution is -2.48. The molecule has 2 aliphatic heterocycles. The Bertz CT molecular complexity index is 883. The molecule has 3 rings (SSSR count). The number of carbonyl (C=O) groups excluding carboxylic acids is 2. The molecule has 30 heavy (non-hydrogen) atoms. The molecular formula is C21H25F3N4O2. The first-order valence-corrected chi connectivity index (χ1v) is 9.81. The summed E-state index contributed by atoms with van der Waals surface area (Å²) >= 11 is 0. The van der Waals surface area contributed by atoms with Gasteiger partial charge in [0.2, 0.25) is 11.8 Å². The van der Waals surface area contributed by atoms with Crippen molar-refractivity contribution in [2.24, 2.45) is 11.3 Å². The van der Waals surface area contributed by atoms with Gasteiger partial charge in [0.25, 0.3) is 0 Å². The molecule has 0 aliphatic carbocycles. The minimum absolute atomic E-state index is 0.0232. The first-order chi connectivity index (χ1) is 14.0. The molecule has 2 heterocycles. The molecule has 9 heteroatoms. The second-order valence-electron chi connectivity index (χ2n) is 8.37. The molecule has 1 aromatic rings. The molecular weight excluding hydrogens is 397 g/mol. The van der Waals surface area contributed by atoms with Crippen molar-refractivity contribution in [3.8, 4) is 6.07 Å². The second-order valence-corrected chi connectivity index (χ2v) is 8.37. The summed E-state index contributed by atoms with van der Waals surface area (Å²) in [5, 5.41) is 8.99. The third kappa shape index (κ3) is 3.95. The Hall–Kier alpha value is -2.76. The Morgan fingerprint density at radius 3 is 2.37 bits per heavy atom. The zero-order valence-corrected chi connectivity index (χ0v) is 17.3. The number of rotatable bonds is 2. The molecule has 1 spiro atoms. The van der Waals surface area contributed by atoms with Gasteiger partial charge >= 0.3 is 6.18 Å². The molecule has 2 saturated heterocycles. The van der Waals surface area contributed by atoms with Crippen LogP contribution in [0.4, 0.5) is 18.9 Å². The molecule has 1 unspecified atom stereocenters. The quantitative estimate of drug-likeness (QED) is 0.735. The number of nitrogens with zero attached hydrogens (tertiary/aromatic N) is 4. The summed E-state index contributed by atoms with van der Waals surface area (Å²) in [6, 6.07) is 5.36. The maximum absolute atomic E-state index is 13.3. The van der Waals surface area contributed by atoms with Crippen LogP contribution in [0.2, 0.25) is 0 Å². The number of carbonyl (C=O) groups is 2. The molecule has 6 nitrogen and oxygen atoms in total. The van der Waals surface area contributed by atoms with Gasteiger partial charge in [0, 0.05) is 58.3 Å². The number of piperidine rings is 1. The highest BCUT2D eigenvalue weighted by Crippen LogP contribution is 2.46. The van der Waals surface area contributed by atoms with Crippen molar-refractivity contribution in [2.75, 3.05) is 45.2 Å². The number of benzene rings is 1. The first kappa shape index (κ1) is 21.9. The highest BCUT2D eigenvalue weighted by atomic mass is 19.4. The van der Waals surface area contributed by atoms with E-state index in [1.165, 1.54) is 19.1 Å². The molecule has 2 aliphatic rings. The fourth-order valence-electron chi connectivity index (χ4n) is 4.64. The Kier molecular flexibility index (Phi) is 5.72. The number of hydrogen-bond donors (Lipinski definition) is 0. The van der Waals surface area contributed by atoms with Crippen LogP contribution in [0.1, 0.15) is 30.9 Å². The van der Waals surface area contributed by atoms with E-state index in [0.29, 0.717) is 44.7 Å². The molecule has 0 bridgehead atoms. The predicted octanol–water partition coefficient (Wildman–Crippen LogP) is 2.73. The van der Waals surface area contributed by atoms with Gasteiger partial charge in [0.05, 0.1) is 23.1 Å². The molecule has 0 saturated carbocycles. The number of halogens is 3. The highest BCUT2D eigenvalue weighted by molar-refractivity contribution is 5.82. The van der Waals surface area contributed by atoms with Gasteiger partial charge < -0.3 is 14.7 Å². The van der Waals surface area contributed by atoms with Crippen LogP contribution in [-0.4, -0.2) is 61.9 Å². The van der Waals surface area contributed by atoms with E-state index in [1.54, 1.807) is 30.0 Å². The number of amides is 2. The maximum atomic E-state index is 13.3. The molecule has 2 amide bonds. The van der Waals surface area contributed by atoms with E-state index in [0.717, 1.165) is 6.07 Å². The lowest BCUT2D eigenvalue weighted by Gasteiger charge is -2.43. The van der Waals surface area contributed by atoms with Gasteiger partial charge in [-0.05, 0) is 31.0 Å². The molecule has 2 fully saturated rings. The average Bonchev–Trinajstić information content (AvgIpc) is 3.06. The number of anilines is 1. The topological polar surface area (TPSA) is 67.7 Å². The molecule has 0 radical (unpaired) electrons. The third-order valence-corrected chi connectivity index (χ3v) is 6.39. The minimum atomic E-state index is -4.60. The highest BCUT2D eigenvalue weighted by Gasteiger charge is 2.52. The van der Waals surface area contributed by atoms with Crippen molar-refractivity contribution in [2.45, 2.75) is 25.9 Å². The van der Waals surface area contributed by atoms with Crippen LogP contribution in [0.5, 0.6) is 0 Å². The molecule has 1 aromatic carbocycles. The van der Waals surface area contributed by atoms with Crippen LogP contribution >= 0.6 is 0 Å². The monoisotopic (exact) mass is 422 g/mol. The van der Waals surface area contributed by atoms with Gasteiger partial charge in [-0.2, -0.15) is 18.4 Å². The van der Waals surface area contributed by atoms with Gasteiger partial charge in [-0.1, -0.05) is 0 Å². The minimum Gasteiger partial charge on any atom is -0.371 e. The van der Waals surface area contributed by atoms with Crippen molar-refractivity contribution in [3.63, 3.8) is 0 Å². The molecule has 0 aromatic heterocycles. The normalized spacial score (nSPS) is 20.9.